The van der Waals surface area contributed by atoms with Gasteiger partial charge in [0.2, 0.25) is 0 Å². The lowest BCUT2D eigenvalue weighted by Crippen LogP contribution is -2.17. The van der Waals surface area contributed by atoms with Crippen molar-refractivity contribution >= 4 is 14.7 Å². The minimum atomic E-state index is 0.173. The predicted octanol–water partition coefficient (Wildman–Crippen LogP) is 6.40. The highest BCUT2D eigenvalue weighted by Crippen LogP contribution is 2.63. The highest BCUT2D eigenvalue weighted by molar-refractivity contribution is 6.37. The molecule has 6 bridgehead atoms. The van der Waals surface area contributed by atoms with Crippen LogP contribution in [0.25, 0.3) is 16.7 Å². The fraction of sp³-hybridized carbons (Fsp3) is 0.536. The third-order valence-corrected chi connectivity index (χ3v) is 9.52. The molecule has 6 rings (SSSR count). The SMILES string of the molecule is Cc1c2c3c(-c4cc(C(C)(C)C)cc(C(C)(C)C)c4)c4c1=[SiH]C(CC(C)C)C=4C23. The lowest BCUT2D eigenvalue weighted by atomic mass is 9.78. The molecule has 0 radical (unpaired) electrons. The Morgan fingerprint density at radius 3 is 2.00 bits per heavy atom. The molecule has 4 aliphatic rings. The van der Waals surface area contributed by atoms with Crippen LogP contribution >= 0.6 is 0 Å². The van der Waals surface area contributed by atoms with E-state index in [1.54, 1.807) is 32.3 Å². The standard InChI is InChI=1S/C28H36Si/c1-14(2)10-19-22-24-20-15(3)26(29-19)25(22)21(23(20)24)16-11-17(27(4,5)6)13-18(12-16)28(7,8)9/h11-14,19,24,29H,10H2,1-9H3. The smallest absolute Gasteiger partial charge is 0.0326 e. The number of benzene rings is 2. The number of hydrogen-bond donors (Lipinski definition) is 0. The molecule has 3 aliphatic carbocycles. The van der Waals surface area contributed by atoms with Crippen LogP contribution in [0.15, 0.2) is 18.2 Å². The summed E-state index contributed by atoms with van der Waals surface area (Å²) in [5, 5.41) is 1.71. The normalized spacial score (nSPS) is 21.2. The molecule has 2 aromatic rings. The molecule has 0 saturated carbocycles. The Morgan fingerprint density at radius 2 is 1.48 bits per heavy atom. The zero-order valence-electron chi connectivity index (χ0n) is 19.7. The second-order valence-electron chi connectivity index (χ2n) is 12.2. The maximum atomic E-state index is 2.52. The maximum absolute atomic E-state index is 2.52. The lowest BCUT2D eigenvalue weighted by molar-refractivity contribution is 0.569. The van der Waals surface area contributed by atoms with Crippen molar-refractivity contribution in [3.8, 4) is 11.1 Å². The highest BCUT2D eigenvalue weighted by Gasteiger charge is 2.50. The van der Waals surface area contributed by atoms with E-state index in [1.807, 2.05) is 5.57 Å². The van der Waals surface area contributed by atoms with Crippen LogP contribution in [-0.4, -0.2) is 9.13 Å². The van der Waals surface area contributed by atoms with Crippen LogP contribution in [0.5, 0.6) is 0 Å². The van der Waals surface area contributed by atoms with Crippen molar-refractivity contribution in [1.82, 2.24) is 0 Å². The van der Waals surface area contributed by atoms with Gasteiger partial charge in [0.15, 0.2) is 0 Å². The fourth-order valence-electron chi connectivity index (χ4n) is 5.82. The van der Waals surface area contributed by atoms with E-state index in [9.17, 15) is 0 Å². The van der Waals surface area contributed by atoms with Gasteiger partial charge in [0.25, 0.3) is 0 Å². The molecule has 29 heavy (non-hydrogen) atoms. The molecule has 0 amide bonds. The first-order chi connectivity index (χ1) is 13.4. The topological polar surface area (TPSA) is 0 Å². The van der Waals surface area contributed by atoms with Crippen molar-refractivity contribution < 1.29 is 0 Å². The second-order valence-corrected chi connectivity index (χ2v) is 13.9. The molecule has 0 fully saturated rings. The zero-order chi connectivity index (χ0) is 21.0. The Bertz CT molecular complexity index is 1150. The summed E-state index contributed by atoms with van der Waals surface area (Å²) in [5.74, 6) is 1.50. The van der Waals surface area contributed by atoms with Crippen LogP contribution in [0.2, 0.25) is 5.54 Å². The molecule has 0 N–H and O–H groups in total. The molecular weight excluding hydrogens is 364 g/mol. The van der Waals surface area contributed by atoms with Gasteiger partial charge >= 0.3 is 0 Å². The van der Waals surface area contributed by atoms with E-state index in [0.29, 0.717) is 15.0 Å². The minimum absolute atomic E-state index is 0.173. The van der Waals surface area contributed by atoms with Crippen molar-refractivity contribution in [3.05, 3.63) is 56.0 Å². The van der Waals surface area contributed by atoms with E-state index < -0.39 is 0 Å². The second kappa shape index (κ2) is 5.81. The molecule has 0 aromatic heterocycles. The Hall–Kier alpha value is -1.47. The summed E-state index contributed by atoms with van der Waals surface area (Å²) >= 11 is 0. The van der Waals surface area contributed by atoms with Gasteiger partial charge in [-0.3, -0.25) is 0 Å². The van der Waals surface area contributed by atoms with Gasteiger partial charge in [0.05, 0.1) is 0 Å². The Morgan fingerprint density at radius 1 is 0.897 bits per heavy atom. The molecular formula is C28H36Si. The summed E-state index contributed by atoms with van der Waals surface area (Å²) in [6.07, 6.45) is 1.38. The first-order valence-electron chi connectivity index (χ1n) is 11.5. The Labute approximate surface area is 178 Å². The van der Waals surface area contributed by atoms with Gasteiger partial charge in [-0.2, -0.15) is 0 Å². The average Bonchev–Trinajstić information content (AvgIpc) is 3.10. The molecule has 152 valence electrons. The monoisotopic (exact) mass is 400 g/mol. The van der Waals surface area contributed by atoms with Crippen LogP contribution in [-0.2, 0) is 10.8 Å². The highest BCUT2D eigenvalue weighted by atomic mass is 28.2. The average molecular weight is 401 g/mol. The van der Waals surface area contributed by atoms with Crippen LogP contribution < -0.4 is 5.22 Å². The van der Waals surface area contributed by atoms with Crippen molar-refractivity contribution in [2.75, 3.05) is 0 Å². The molecule has 1 heterocycles. The van der Waals surface area contributed by atoms with Crippen molar-refractivity contribution in [3.63, 3.8) is 0 Å². The van der Waals surface area contributed by atoms with Crippen molar-refractivity contribution in [2.24, 2.45) is 5.92 Å². The molecule has 0 nitrogen and oxygen atoms in total. The number of hydrogen-bond acceptors (Lipinski definition) is 0. The summed E-state index contributed by atoms with van der Waals surface area (Å²) in [6.45, 7) is 21.3. The fourth-order valence-corrected chi connectivity index (χ4v) is 8.32. The van der Waals surface area contributed by atoms with E-state index in [2.05, 4.69) is 80.5 Å². The van der Waals surface area contributed by atoms with E-state index in [4.69, 9.17) is 0 Å². The van der Waals surface area contributed by atoms with E-state index in [-0.39, 0.29) is 10.8 Å². The quantitative estimate of drug-likeness (QED) is 0.523. The molecule has 1 heteroatoms. The first kappa shape index (κ1) is 19.5. The van der Waals surface area contributed by atoms with Crippen molar-refractivity contribution in [2.45, 2.75) is 91.0 Å². The summed E-state index contributed by atoms with van der Waals surface area (Å²) in [6, 6.07) is 7.50. The largest absolute Gasteiger partial charge is 0.0628 e. The van der Waals surface area contributed by atoms with Gasteiger partial charge in [-0.05, 0) is 90.2 Å². The Balaban J connectivity index is 1.77. The van der Waals surface area contributed by atoms with Gasteiger partial charge in [-0.15, -0.1) is 0 Å². The van der Waals surface area contributed by atoms with Gasteiger partial charge in [0, 0.05) is 15.0 Å². The van der Waals surface area contributed by atoms with Crippen LogP contribution in [0.1, 0.15) is 95.5 Å². The van der Waals surface area contributed by atoms with Gasteiger partial charge < -0.3 is 0 Å². The number of rotatable bonds is 3. The molecule has 2 unspecified atom stereocenters. The molecule has 1 aliphatic heterocycles. The predicted molar refractivity (Wildman–Crippen MR) is 128 cm³/mol. The van der Waals surface area contributed by atoms with Gasteiger partial charge in [-0.1, -0.05) is 73.6 Å². The third kappa shape index (κ3) is 2.72. The summed E-state index contributed by atoms with van der Waals surface area (Å²) in [5.41, 5.74) is 14.2. The summed E-state index contributed by atoms with van der Waals surface area (Å²) in [7, 11) is 0.410. The van der Waals surface area contributed by atoms with Gasteiger partial charge in [0.1, 0.15) is 0 Å². The van der Waals surface area contributed by atoms with Gasteiger partial charge in [-0.25, -0.2) is 0 Å². The Kier molecular flexibility index (Phi) is 3.91. The molecule has 2 aromatic carbocycles. The van der Waals surface area contributed by atoms with Crippen molar-refractivity contribution in [1.29, 1.82) is 0 Å². The van der Waals surface area contributed by atoms with E-state index in [1.165, 1.54) is 23.1 Å². The van der Waals surface area contributed by atoms with Crippen LogP contribution in [0, 0.1) is 17.7 Å². The van der Waals surface area contributed by atoms with E-state index >= 15 is 0 Å². The lowest BCUT2D eigenvalue weighted by Gasteiger charge is -2.26. The summed E-state index contributed by atoms with van der Waals surface area (Å²) < 4.78 is 0. The molecule has 0 spiro atoms. The van der Waals surface area contributed by atoms with Crippen LogP contribution in [0.3, 0.4) is 0 Å². The van der Waals surface area contributed by atoms with Crippen LogP contribution in [0.4, 0.5) is 0 Å². The molecule has 2 atom stereocenters. The summed E-state index contributed by atoms with van der Waals surface area (Å²) in [4.78, 5) is 1.77. The molecule has 0 saturated heterocycles. The zero-order valence-corrected chi connectivity index (χ0v) is 20.9. The first-order valence-corrected chi connectivity index (χ1v) is 12.7. The van der Waals surface area contributed by atoms with E-state index in [0.717, 1.165) is 11.5 Å². The third-order valence-electron chi connectivity index (χ3n) is 7.43. The maximum Gasteiger partial charge on any atom is 0.0326 e. The minimum Gasteiger partial charge on any atom is -0.0628 e.